The van der Waals surface area contributed by atoms with Crippen molar-refractivity contribution < 1.29 is 9.53 Å². The number of nitrogens with two attached hydrogens (primary N) is 1. The molecule has 4 nitrogen and oxygen atoms in total. The predicted molar refractivity (Wildman–Crippen MR) is 95.4 cm³/mol. The van der Waals surface area contributed by atoms with E-state index in [0.29, 0.717) is 13.1 Å². The lowest BCUT2D eigenvalue weighted by Gasteiger charge is -2.13. The molecule has 1 heterocycles. The number of aryl methyl sites for hydroxylation is 1. The summed E-state index contributed by atoms with van der Waals surface area (Å²) in [6.07, 6.45) is 1.26. The highest BCUT2D eigenvalue weighted by Crippen LogP contribution is 2.22. The molecule has 24 heavy (non-hydrogen) atoms. The third-order valence-corrected chi connectivity index (χ3v) is 4.41. The van der Waals surface area contributed by atoms with E-state index in [1.807, 2.05) is 12.1 Å². The smallest absolute Gasteiger partial charge is 0.249 e. The molecule has 0 saturated carbocycles. The van der Waals surface area contributed by atoms with Crippen molar-refractivity contribution in [3.05, 3.63) is 59.7 Å². The fourth-order valence-electron chi connectivity index (χ4n) is 3.06. The second-order valence-electron chi connectivity index (χ2n) is 6.35. The molecular formula is C20H24N2O2. The molecule has 2 atom stereocenters. The van der Waals surface area contributed by atoms with Gasteiger partial charge in [0.05, 0.1) is 6.10 Å². The molecule has 0 bridgehead atoms. The maximum absolute atomic E-state index is 12.2. The number of hydrogen-bond donors (Lipinski definition) is 2. The molecule has 0 aromatic heterocycles. The number of nitrogens with one attached hydrogen (secondary N) is 1. The molecule has 3 rings (SSSR count). The third-order valence-electron chi connectivity index (χ3n) is 4.41. The number of benzene rings is 2. The fraction of sp³-hybridized carbons (Fsp3) is 0.350. The monoisotopic (exact) mass is 324 g/mol. The summed E-state index contributed by atoms with van der Waals surface area (Å²) < 4.78 is 5.63. The average molecular weight is 324 g/mol. The van der Waals surface area contributed by atoms with Gasteiger partial charge >= 0.3 is 0 Å². The number of ether oxygens (including phenoxy) is 1. The summed E-state index contributed by atoms with van der Waals surface area (Å²) in [5.41, 5.74) is 10.2. The predicted octanol–water partition coefficient (Wildman–Crippen LogP) is 2.78. The summed E-state index contributed by atoms with van der Waals surface area (Å²) >= 11 is 0. The molecule has 3 N–H and O–H groups in total. The molecule has 2 aromatic carbocycles. The highest BCUT2D eigenvalue weighted by atomic mass is 16.5. The van der Waals surface area contributed by atoms with Gasteiger partial charge < -0.3 is 15.8 Å². The number of hydrogen-bond acceptors (Lipinski definition) is 3. The van der Waals surface area contributed by atoms with Crippen molar-refractivity contribution in [1.82, 2.24) is 5.32 Å². The Labute approximate surface area is 143 Å². The summed E-state index contributed by atoms with van der Waals surface area (Å²) in [6, 6.07) is 16.7. The molecule has 0 spiro atoms. The average Bonchev–Trinajstić information content (AvgIpc) is 3.09. The first kappa shape index (κ1) is 16.7. The minimum absolute atomic E-state index is 0.0189. The van der Waals surface area contributed by atoms with Crippen LogP contribution in [0.5, 0.6) is 0 Å². The Morgan fingerprint density at radius 2 is 1.92 bits per heavy atom. The minimum Gasteiger partial charge on any atom is -0.364 e. The quantitative estimate of drug-likeness (QED) is 0.889. The van der Waals surface area contributed by atoms with Crippen LogP contribution in [0.2, 0.25) is 0 Å². The Kier molecular flexibility index (Phi) is 5.28. The number of carbonyl (C=O) groups excluding carboxylic acids is 1. The number of carbonyl (C=O) groups is 1. The van der Waals surface area contributed by atoms with Gasteiger partial charge in [-0.1, -0.05) is 48.0 Å². The lowest BCUT2D eigenvalue weighted by Crippen LogP contribution is -2.35. The van der Waals surface area contributed by atoms with Crippen LogP contribution in [-0.4, -0.2) is 24.7 Å². The van der Waals surface area contributed by atoms with Crippen LogP contribution in [-0.2, 0) is 16.1 Å². The molecule has 1 saturated heterocycles. The summed E-state index contributed by atoms with van der Waals surface area (Å²) in [6.45, 7) is 3.07. The molecule has 1 fully saturated rings. The summed E-state index contributed by atoms with van der Waals surface area (Å²) in [4.78, 5) is 12.2. The van der Waals surface area contributed by atoms with E-state index in [1.165, 1.54) is 11.1 Å². The molecule has 4 heteroatoms. The van der Waals surface area contributed by atoms with Gasteiger partial charge in [-0.2, -0.15) is 0 Å². The largest absolute Gasteiger partial charge is 0.364 e. The van der Waals surface area contributed by atoms with E-state index in [0.717, 1.165) is 24.0 Å². The molecule has 126 valence electrons. The van der Waals surface area contributed by atoms with Crippen molar-refractivity contribution in [2.45, 2.75) is 38.5 Å². The second-order valence-corrected chi connectivity index (χ2v) is 6.35. The van der Waals surface area contributed by atoms with Crippen LogP contribution in [0.3, 0.4) is 0 Å². The van der Waals surface area contributed by atoms with Crippen molar-refractivity contribution in [3.8, 4) is 11.1 Å². The maximum atomic E-state index is 12.2. The van der Waals surface area contributed by atoms with Crippen molar-refractivity contribution in [2.75, 3.05) is 6.54 Å². The molecular weight excluding hydrogens is 300 g/mol. The fourth-order valence-corrected chi connectivity index (χ4v) is 3.06. The lowest BCUT2D eigenvalue weighted by molar-refractivity contribution is -0.132. The van der Waals surface area contributed by atoms with E-state index in [1.54, 1.807) is 0 Å². The molecule has 1 aliphatic rings. The Morgan fingerprint density at radius 1 is 1.17 bits per heavy atom. The van der Waals surface area contributed by atoms with Crippen molar-refractivity contribution >= 4 is 5.91 Å². The first-order chi connectivity index (χ1) is 11.7. The van der Waals surface area contributed by atoms with E-state index < -0.39 is 0 Å². The highest BCUT2D eigenvalue weighted by Gasteiger charge is 2.29. The summed E-state index contributed by atoms with van der Waals surface area (Å²) in [5.74, 6) is -0.0492. The van der Waals surface area contributed by atoms with Crippen LogP contribution >= 0.6 is 0 Å². The zero-order valence-corrected chi connectivity index (χ0v) is 14.0. The van der Waals surface area contributed by atoms with Gasteiger partial charge in [0.2, 0.25) is 5.91 Å². The molecule has 1 aliphatic heterocycles. The van der Waals surface area contributed by atoms with Gasteiger partial charge in [-0.25, -0.2) is 0 Å². The Morgan fingerprint density at radius 3 is 2.62 bits per heavy atom. The SMILES string of the molecule is Cc1cccc(-c2cccc(CNC(=O)[C@@H]3CC[C@H](CN)O3)c2)c1. The Bertz CT molecular complexity index is 714. The third kappa shape index (κ3) is 4.02. The van der Waals surface area contributed by atoms with E-state index >= 15 is 0 Å². The van der Waals surface area contributed by atoms with Crippen LogP contribution in [0.1, 0.15) is 24.0 Å². The van der Waals surface area contributed by atoms with Crippen LogP contribution in [0, 0.1) is 6.92 Å². The van der Waals surface area contributed by atoms with E-state index in [2.05, 4.69) is 48.6 Å². The molecule has 0 radical (unpaired) electrons. The van der Waals surface area contributed by atoms with Crippen LogP contribution in [0.15, 0.2) is 48.5 Å². The topological polar surface area (TPSA) is 64.4 Å². The van der Waals surface area contributed by atoms with Gasteiger partial charge in [0.15, 0.2) is 0 Å². The standard InChI is InChI=1S/C20H24N2O2/c1-14-4-2-6-16(10-14)17-7-3-5-15(11-17)13-22-20(23)19-9-8-18(12-21)24-19/h2-7,10-11,18-19H,8-9,12-13,21H2,1H3,(H,22,23)/t18-,19+/m1/s1. The van der Waals surface area contributed by atoms with Gasteiger partial charge in [-0.15, -0.1) is 0 Å². The van der Waals surface area contributed by atoms with E-state index in [9.17, 15) is 4.79 Å². The van der Waals surface area contributed by atoms with E-state index in [-0.39, 0.29) is 18.1 Å². The Balaban J connectivity index is 1.62. The zero-order chi connectivity index (χ0) is 16.9. The first-order valence-electron chi connectivity index (χ1n) is 8.45. The van der Waals surface area contributed by atoms with Crippen molar-refractivity contribution in [3.63, 3.8) is 0 Å². The minimum atomic E-state index is -0.362. The number of rotatable bonds is 5. The lowest BCUT2D eigenvalue weighted by atomic mass is 10.0. The van der Waals surface area contributed by atoms with Gasteiger partial charge in [-0.05, 0) is 42.5 Å². The van der Waals surface area contributed by atoms with Crippen LogP contribution in [0.25, 0.3) is 11.1 Å². The highest BCUT2D eigenvalue weighted by molar-refractivity contribution is 5.81. The zero-order valence-electron chi connectivity index (χ0n) is 14.0. The maximum Gasteiger partial charge on any atom is 0.249 e. The molecule has 0 aliphatic carbocycles. The second kappa shape index (κ2) is 7.60. The summed E-state index contributed by atoms with van der Waals surface area (Å²) in [5, 5.41) is 2.97. The summed E-state index contributed by atoms with van der Waals surface area (Å²) in [7, 11) is 0. The molecule has 0 unspecified atom stereocenters. The molecule has 1 amide bonds. The van der Waals surface area contributed by atoms with Crippen molar-refractivity contribution in [1.29, 1.82) is 0 Å². The van der Waals surface area contributed by atoms with Crippen LogP contribution in [0.4, 0.5) is 0 Å². The van der Waals surface area contributed by atoms with Gasteiger partial charge in [0.1, 0.15) is 6.10 Å². The normalized spacial score (nSPS) is 20.1. The first-order valence-corrected chi connectivity index (χ1v) is 8.45. The van der Waals surface area contributed by atoms with Gasteiger partial charge in [0, 0.05) is 13.1 Å². The number of amides is 1. The van der Waals surface area contributed by atoms with Crippen LogP contribution < -0.4 is 11.1 Å². The van der Waals surface area contributed by atoms with Gasteiger partial charge in [-0.3, -0.25) is 4.79 Å². The molecule has 2 aromatic rings. The van der Waals surface area contributed by atoms with Gasteiger partial charge in [0.25, 0.3) is 0 Å². The van der Waals surface area contributed by atoms with Crippen molar-refractivity contribution in [2.24, 2.45) is 5.73 Å². The van der Waals surface area contributed by atoms with E-state index in [4.69, 9.17) is 10.5 Å². The Hall–Kier alpha value is -2.17.